The Morgan fingerprint density at radius 3 is 1.68 bits per heavy atom. The summed E-state index contributed by atoms with van der Waals surface area (Å²) in [5, 5.41) is 10.9. The molecule has 12 heteroatoms. The van der Waals surface area contributed by atoms with E-state index in [1.165, 1.54) is 12.3 Å². The van der Waals surface area contributed by atoms with Gasteiger partial charge in [-0.25, -0.2) is 9.97 Å². The zero-order valence-electron chi connectivity index (χ0n) is 24.6. The number of carbonyl (C=O) groups is 1. The molecule has 1 unspecified atom stereocenters. The lowest BCUT2D eigenvalue weighted by Gasteiger charge is -2.37. The van der Waals surface area contributed by atoms with Crippen LogP contribution in [0.5, 0.6) is 0 Å². The van der Waals surface area contributed by atoms with Crippen molar-refractivity contribution >= 4 is 68.8 Å². The molecular formula is C29H50Cl4N2O4Si2. The number of hydrogen-bond donors (Lipinski definition) is 1. The van der Waals surface area contributed by atoms with Crippen molar-refractivity contribution in [3.63, 3.8) is 0 Å². The predicted octanol–water partition coefficient (Wildman–Crippen LogP) is 10.4. The Balaban J connectivity index is 0. The summed E-state index contributed by atoms with van der Waals surface area (Å²) in [5.41, 5.74) is 1.27. The molecule has 236 valence electrons. The summed E-state index contributed by atoms with van der Waals surface area (Å²) in [7, 11) is -3.76. The molecule has 0 saturated carbocycles. The fraction of sp³-hybridized carbons (Fsp3) is 0.621. The van der Waals surface area contributed by atoms with Crippen molar-refractivity contribution in [1.82, 2.24) is 9.97 Å². The average molecular weight is 689 g/mol. The van der Waals surface area contributed by atoms with E-state index in [0.29, 0.717) is 17.2 Å². The van der Waals surface area contributed by atoms with Crippen LogP contribution >= 0.6 is 46.4 Å². The van der Waals surface area contributed by atoms with Crippen LogP contribution in [0.1, 0.15) is 78.2 Å². The van der Waals surface area contributed by atoms with Gasteiger partial charge in [0.2, 0.25) is 0 Å². The highest BCUT2D eigenvalue weighted by atomic mass is 35.5. The van der Waals surface area contributed by atoms with Crippen LogP contribution in [0.2, 0.25) is 56.6 Å². The van der Waals surface area contributed by atoms with Crippen LogP contribution < -0.4 is 0 Å². The molecule has 1 N–H and O–H groups in total. The highest BCUT2D eigenvalue weighted by Gasteiger charge is 2.38. The molecule has 0 aliphatic heterocycles. The normalized spacial score (nSPS) is 12.9. The van der Waals surface area contributed by atoms with Crippen LogP contribution in [0.15, 0.2) is 24.5 Å². The molecule has 6 nitrogen and oxygen atoms in total. The zero-order valence-corrected chi connectivity index (χ0v) is 29.6. The first-order chi connectivity index (χ1) is 17.6. The lowest BCUT2D eigenvalue weighted by atomic mass is 10.0. The summed E-state index contributed by atoms with van der Waals surface area (Å²) in [5.74, 6) is -0.262. The van der Waals surface area contributed by atoms with Gasteiger partial charge in [0.1, 0.15) is 10.3 Å². The minimum atomic E-state index is -1.93. The zero-order chi connectivity index (χ0) is 30.4. The van der Waals surface area contributed by atoms with Crippen molar-refractivity contribution in [2.75, 3.05) is 19.8 Å². The smallest absolute Gasteiger partial charge is 0.192 e. The molecule has 2 aromatic heterocycles. The van der Waals surface area contributed by atoms with Crippen molar-refractivity contribution < 1.29 is 18.8 Å². The van der Waals surface area contributed by atoms with Crippen LogP contribution in [0, 0.1) is 0 Å². The van der Waals surface area contributed by atoms with Crippen molar-refractivity contribution in [1.29, 1.82) is 0 Å². The van der Waals surface area contributed by atoms with Crippen molar-refractivity contribution in [3.05, 3.63) is 56.0 Å². The lowest BCUT2D eigenvalue weighted by molar-refractivity contribution is 0.0910. The van der Waals surface area contributed by atoms with E-state index in [1.54, 1.807) is 12.3 Å². The largest absolute Gasteiger partial charge is 0.416 e. The Labute approximate surface area is 270 Å². The van der Waals surface area contributed by atoms with Gasteiger partial charge in [-0.3, -0.25) is 4.79 Å². The highest BCUT2D eigenvalue weighted by molar-refractivity contribution is 6.74. The van der Waals surface area contributed by atoms with E-state index in [2.05, 4.69) is 77.7 Å². The number of nitrogens with zero attached hydrogens (tertiary/aromatic N) is 2. The minimum Gasteiger partial charge on any atom is -0.416 e. The van der Waals surface area contributed by atoms with Gasteiger partial charge in [-0.15, -0.1) is 0 Å². The summed E-state index contributed by atoms with van der Waals surface area (Å²) in [4.78, 5) is 19.9. The summed E-state index contributed by atoms with van der Waals surface area (Å²) in [6.07, 6.45) is 3.07. The molecule has 0 spiro atoms. The molecule has 2 rings (SSSR count). The summed E-state index contributed by atoms with van der Waals surface area (Å²) >= 11 is 23.3. The van der Waals surface area contributed by atoms with Gasteiger partial charge in [-0.05, 0) is 54.0 Å². The topological polar surface area (TPSA) is 81.5 Å². The second kappa shape index (κ2) is 17.1. The van der Waals surface area contributed by atoms with Gasteiger partial charge < -0.3 is 14.0 Å². The van der Waals surface area contributed by atoms with Crippen LogP contribution in [0.25, 0.3) is 0 Å². The highest BCUT2D eigenvalue weighted by Crippen LogP contribution is 2.38. The van der Waals surface area contributed by atoms with Gasteiger partial charge in [0, 0.05) is 30.5 Å². The number of aromatic nitrogens is 2. The maximum absolute atomic E-state index is 12.0. The van der Waals surface area contributed by atoms with Gasteiger partial charge in [-0.1, -0.05) is 103 Å². The van der Waals surface area contributed by atoms with Crippen LogP contribution in [-0.2, 0) is 8.85 Å². The third kappa shape index (κ3) is 12.9. The fourth-order valence-corrected chi connectivity index (χ4v) is 5.08. The van der Waals surface area contributed by atoms with Crippen molar-refractivity contribution in [3.8, 4) is 0 Å². The van der Waals surface area contributed by atoms with Gasteiger partial charge in [0.05, 0.1) is 23.3 Å². The van der Waals surface area contributed by atoms with E-state index in [4.69, 9.17) is 55.3 Å². The maximum Gasteiger partial charge on any atom is 0.192 e. The molecule has 0 radical (unpaired) electrons. The molecule has 41 heavy (non-hydrogen) atoms. The summed E-state index contributed by atoms with van der Waals surface area (Å²) in [6.45, 7) is 22.1. The fourth-order valence-electron chi connectivity index (χ4n) is 2.56. The summed E-state index contributed by atoms with van der Waals surface area (Å²) < 4.78 is 12.0. The minimum absolute atomic E-state index is 0. The van der Waals surface area contributed by atoms with E-state index in [0.717, 1.165) is 5.56 Å². The molecule has 1 atom stereocenters. The molecule has 0 fully saturated rings. The van der Waals surface area contributed by atoms with Gasteiger partial charge in [0.15, 0.2) is 22.4 Å². The number of halogens is 4. The third-order valence-corrected chi connectivity index (χ3v) is 17.8. The SMILES string of the molecule is C.C.CC(C)(C)[Si](C)(C)OCC(=O)c1cnc(Cl)c(Cl)c1.CC(C)(C)[Si](C)(C)OCC(CO)c1cnc(Cl)c(Cl)c1. The number of pyridine rings is 2. The Kier molecular flexibility index (Phi) is 17.7. The average Bonchev–Trinajstić information content (AvgIpc) is 2.80. The number of rotatable bonds is 9. The monoisotopic (exact) mass is 686 g/mol. The maximum atomic E-state index is 12.0. The number of hydrogen-bond acceptors (Lipinski definition) is 6. The standard InChI is InChI=1S/C14H23Cl2NO2Si.C13H19Cl2NO2Si.2CH4/c1-14(2,3)20(4,5)19-9-11(8-18)10-6-12(15)13(16)17-7-10;1-13(2,3)19(4,5)18-8-11(17)9-6-10(14)12(15)16-7-9;;/h6-7,11,18H,8-9H2,1-5H3;6-7H,8H2,1-5H3;2*1H4. The molecule has 2 heterocycles. The van der Waals surface area contributed by atoms with Crippen LogP contribution in [0.3, 0.4) is 0 Å². The second-order valence-corrected chi connectivity index (χ2v) is 23.6. The number of Topliss-reactive ketones (excluding diaryl/α,β-unsaturated/α-hetero) is 1. The van der Waals surface area contributed by atoms with E-state index in [9.17, 15) is 9.90 Å². The number of aliphatic hydroxyl groups is 1. The first-order valence-electron chi connectivity index (χ1n) is 12.7. The Morgan fingerprint density at radius 2 is 1.27 bits per heavy atom. The second-order valence-electron chi connectivity index (χ2n) is 12.5. The van der Waals surface area contributed by atoms with E-state index in [-0.39, 0.29) is 65.2 Å². The van der Waals surface area contributed by atoms with Crippen molar-refractivity contribution in [2.45, 2.75) is 98.6 Å². The Morgan fingerprint density at radius 1 is 0.829 bits per heavy atom. The summed E-state index contributed by atoms with van der Waals surface area (Å²) in [6, 6.07) is 3.26. The Bertz CT molecular complexity index is 1120. The number of carbonyl (C=O) groups excluding carboxylic acids is 1. The van der Waals surface area contributed by atoms with Crippen LogP contribution in [-0.4, -0.2) is 57.3 Å². The van der Waals surface area contributed by atoms with Gasteiger partial charge in [0.25, 0.3) is 0 Å². The molecule has 0 aromatic carbocycles. The number of ketones is 1. The molecule has 0 bridgehead atoms. The van der Waals surface area contributed by atoms with E-state index < -0.39 is 16.6 Å². The predicted molar refractivity (Wildman–Crippen MR) is 182 cm³/mol. The van der Waals surface area contributed by atoms with Crippen LogP contribution in [0.4, 0.5) is 0 Å². The number of aliphatic hydroxyl groups excluding tert-OH is 1. The third-order valence-electron chi connectivity index (χ3n) is 7.45. The molecule has 2 aromatic rings. The molecule has 0 saturated heterocycles. The first kappa shape index (κ1) is 42.6. The van der Waals surface area contributed by atoms with Crippen molar-refractivity contribution in [2.24, 2.45) is 0 Å². The van der Waals surface area contributed by atoms with E-state index in [1.807, 2.05) is 0 Å². The van der Waals surface area contributed by atoms with Gasteiger partial charge in [-0.2, -0.15) is 0 Å². The van der Waals surface area contributed by atoms with Gasteiger partial charge >= 0.3 is 0 Å². The molecule has 0 amide bonds. The molecular weight excluding hydrogens is 638 g/mol. The lowest BCUT2D eigenvalue weighted by Crippen LogP contribution is -2.42. The first-order valence-corrected chi connectivity index (χ1v) is 20.0. The van der Waals surface area contributed by atoms with E-state index >= 15 is 0 Å². The molecule has 0 aliphatic carbocycles. The Hall–Kier alpha value is -0.556. The quantitative estimate of drug-likeness (QED) is 0.160. The molecule has 0 aliphatic rings.